The van der Waals surface area contributed by atoms with Crippen LogP contribution in [0.1, 0.15) is 17.2 Å². The molecule has 0 saturated carbocycles. The molecule has 0 spiro atoms. The van der Waals surface area contributed by atoms with Crippen molar-refractivity contribution >= 4 is 0 Å². The number of halogens is 2. The number of nitrogens with one attached hydrogen (secondary N) is 1. The molecule has 0 fully saturated rings. The fourth-order valence-corrected chi connectivity index (χ4v) is 2.36. The third kappa shape index (κ3) is 3.31. The summed E-state index contributed by atoms with van der Waals surface area (Å²) in [5, 5.41) is 3.40. The molecular weight excluding hydrogens is 276 g/mol. The number of hydrogen-bond donors (Lipinski definition) is 1. The molecule has 0 saturated heterocycles. The van der Waals surface area contributed by atoms with E-state index < -0.39 is 6.61 Å². The number of benzene rings is 2. The van der Waals surface area contributed by atoms with E-state index in [0.29, 0.717) is 13.2 Å². The van der Waals surface area contributed by atoms with E-state index in [2.05, 4.69) is 10.1 Å². The van der Waals surface area contributed by atoms with Gasteiger partial charge in [-0.3, -0.25) is 0 Å². The minimum absolute atomic E-state index is 0.151. The fourth-order valence-electron chi connectivity index (χ4n) is 2.36. The first-order chi connectivity index (χ1) is 10.2. The molecule has 0 aliphatic carbocycles. The van der Waals surface area contributed by atoms with Gasteiger partial charge < -0.3 is 14.8 Å². The topological polar surface area (TPSA) is 30.5 Å². The van der Waals surface area contributed by atoms with Crippen LogP contribution in [0.3, 0.4) is 0 Å². The van der Waals surface area contributed by atoms with Crippen molar-refractivity contribution in [3.8, 4) is 11.5 Å². The van der Waals surface area contributed by atoms with E-state index in [-0.39, 0.29) is 11.8 Å². The van der Waals surface area contributed by atoms with Crippen LogP contribution in [-0.2, 0) is 6.54 Å². The molecule has 2 aromatic carbocycles. The molecule has 1 unspecified atom stereocenters. The van der Waals surface area contributed by atoms with Crippen LogP contribution in [0.5, 0.6) is 11.5 Å². The summed E-state index contributed by atoms with van der Waals surface area (Å²) in [6, 6.07) is 14.7. The van der Waals surface area contributed by atoms with Gasteiger partial charge in [0.2, 0.25) is 0 Å². The lowest BCUT2D eigenvalue weighted by molar-refractivity contribution is -0.0498. The van der Waals surface area contributed by atoms with Gasteiger partial charge in [-0.2, -0.15) is 8.78 Å². The predicted octanol–water partition coefficient (Wildman–Crippen LogP) is 3.51. The maximum absolute atomic E-state index is 12.1. The minimum Gasteiger partial charge on any atom is -0.491 e. The van der Waals surface area contributed by atoms with Crippen LogP contribution >= 0.6 is 0 Å². The second kappa shape index (κ2) is 6.10. The Hall–Kier alpha value is -2.14. The van der Waals surface area contributed by atoms with Crippen molar-refractivity contribution in [3.05, 3.63) is 59.7 Å². The summed E-state index contributed by atoms with van der Waals surface area (Å²) >= 11 is 0. The molecule has 2 aromatic rings. The lowest BCUT2D eigenvalue weighted by atomic mass is 10.1. The zero-order valence-corrected chi connectivity index (χ0v) is 11.3. The number of rotatable bonds is 5. The molecule has 3 nitrogen and oxygen atoms in total. The lowest BCUT2D eigenvalue weighted by Crippen LogP contribution is -2.21. The Morgan fingerprint density at radius 2 is 1.90 bits per heavy atom. The number of para-hydroxylation sites is 1. The molecule has 21 heavy (non-hydrogen) atoms. The Balaban J connectivity index is 1.59. The first-order valence-electron chi connectivity index (χ1n) is 6.71. The Morgan fingerprint density at radius 3 is 2.67 bits per heavy atom. The van der Waals surface area contributed by atoms with Gasteiger partial charge in [-0.05, 0) is 23.8 Å². The standard InChI is InChI=1S/C16H15F2NO2/c17-16(18)21-12-7-5-11(6-8-12)9-19-14-10-20-15-4-2-1-3-13(14)15/h1-8,14,16,19H,9-10H2. The van der Waals surface area contributed by atoms with Gasteiger partial charge >= 0.3 is 6.61 Å². The number of alkyl halides is 2. The van der Waals surface area contributed by atoms with Crippen LogP contribution in [0.15, 0.2) is 48.5 Å². The molecule has 1 heterocycles. The second-order valence-electron chi connectivity index (χ2n) is 4.80. The molecule has 5 heteroatoms. The quantitative estimate of drug-likeness (QED) is 0.914. The highest BCUT2D eigenvalue weighted by molar-refractivity contribution is 5.39. The highest BCUT2D eigenvalue weighted by atomic mass is 19.3. The first kappa shape index (κ1) is 13.8. The van der Waals surface area contributed by atoms with E-state index in [1.165, 1.54) is 0 Å². The lowest BCUT2D eigenvalue weighted by Gasteiger charge is -2.12. The van der Waals surface area contributed by atoms with Crippen LogP contribution in [-0.4, -0.2) is 13.2 Å². The van der Waals surface area contributed by atoms with Crippen LogP contribution < -0.4 is 14.8 Å². The summed E-state index contributed by atoms with van der Waals surface area (Å²) in [5.41, 5.74) is 2.15. The molecule has 1 aliphatic heterocycles. The smallest absolute Gasteiger partial charge is 0.387 e. The molecule has 1 atom stereocenters. The van der Waals surface area contributed by atoms with Crippen LogP contribution in [0, 0.1) is 0 Å². The molecule has 0 aromatic heterocycles. The zero-order valence-electron chi connectivity index (χ0n) is 11.3. The monoisotopic (exact) mass is 291 g/mol. The molecule has 0 amide bonds. The molecule has 110 valence electrons. The van der Waals surface area contributed by atoms with E-state index in [9.17, 15) is 8.78 Å². The Kier molecular flexibility index (Phi) is 4.01. The van der Waals surface area contributed by atoms with Gasteiger partial charge in [-0.1, -0.05) is 30.3 Å². The molecule has 1 aliphatic rings. The van der Waals surface area contributed by atoms with Crippen molar-refractivity contribution < 1.29 is 18.3 Å². The normalized spacial score (nSPS) is 16.6. The predicted molar refractivity (Wildman–Crippen MR) is 74.6 cm³/mol. The zero-order chi connectivity index (χ0) is 14.7. The summed E-state index contributed by atoms with van der Waals surface area (Å²) in [5.74, 6) is 1.08. The van der Waals surface area contributed by atoms with Gasteiger partial charge in [0.25, 0.3) is 0 Å². The van der Waals surface area contributed by atoms with Crippen LogP contribution in [0.25, 0.3) is 0 Å². The number of fused-ring (bicyclic) bond motifs is 1. The van der Waals surface area contributed by atoms with Crippen LogP contribution in [0.4, 0.5) is 8.78 Å². The van der Waals surface area contributed by atoms with Gasteiger partial charge in [0.15, 0.2) is 0 Å². The van der Waals surface area contributed by atoms with Crippen molar-refractivity contribution in [2.45, 2.75) is 19.2 Å². The van der Waals surface area contributed by atoms with Crippen molar-refractivity contribution in [3.63, 3.8) is 0 Å². The average molecular weight is 291 g/mol. The van der Waals surface area contributed by atoms with Crippen molar-refractivity contribution in [2.75, 3.05) is 6.61 Å². The summed E-state index contributed by atoms with van der Waals surface area (Å²) < 4.78 is 34.0. The third-order valence-electron chi connectivity index (χ3n) is 3.40. The Morgan fingerprint density at radius 1 is 1.14 bits per heavy atom. The van der Waals surface area contributed by atoms with Crippen molar-refractivity contribution in [2.24, 2.45) is 0 Å². The SMILES string of the molecule is FC(F)Oc1ccc(CNC2COc3ccccc32)cc1. The van der Waals surface area contributed by atoms with Crippen molar-refractivity contribution in [1.82, 2.24) is 5.32 Å². The molecule has 0 radical (unpaired) electrons. The van der Waals surface area contributed by atoms with Crippen LogP contribution in [0.2, 0.25) is 0 Å². The van der Waals surface area contributed by atoms with Gasteiger partial charge in [0.1, 0.15) is 18.1 Å². The largest absolute Gasteiger partial charge is 0.491 e. The first-order valence-corrected chi connectivity index (χ1v) is 6.71. The average Bonchev–Trinajstić information content (AvgIpc) is 2.89. The summed E-state index contributed by atoms with van der Waals surface area (Å²) in [6.45, 7) is -1.55. The maximum atomic E-state index is 12.1. The van der Waals surface area contributed by atoms with Gasteiger partial charge in [-0.25, -0.2) is 0 Å². The van der Waals surface area contributed by atoms with E-state index in [0.717, 1.165) is 16.9 Å². The summed E-state index contributed by atoms with van der Waals surface area (Å²) in [6.07, 6.45) is 0. The highest BCUT2D eigenvalue weighted by Crippen LogP contribution is 2.31. The molecule has 0 bridgehead atoms. The summed E-state index contributed by atoms with van der Waals surface area (Å²) in [4.78, 5) is 0. The van der Waals surface area contributed by atoms with Crippen molar-refractivity contribution in [1.29, 1.82) is 0 Å². The maximum Gasteiger partial charge on any atom is 0.387 e. The Bertz CT molecular complexity index is 601. The minimum atomic E-state index is -2.79. The fraction of sp³-hybridized carbons (Fsp3) is 0.250. The number of ether oxygens (including phenoxy) is 2. The van der Waals surface area contributed by atoms with E-state index >= 15 is 0 Å². The highest BCUT2D eigenvalue weighted by Gasteiger charge is 2.22. The number of hydrogen-bond acceptors (Lipinski definition) is 3. The van der Waals surface area contributed by atoms with E-state index in [1.54, 1.807) is 24.3 Å². The third-order valence-corrected chi connectivity index (χ3v) is 3.40. The van der Waals surface area contributed by atoms with Gasteiger partial charge in [0.05, 0.1) is 6.04 Å². The molecular formula is C16H15F2NO2. The van der Waals surface area contributed by atoms with E-state index in [4.69, 9.17) is 4.74 Å². The van der Waals surface area contributed by atoms with Gasteiger partial charge in [0, 0.05) is 12.1 Å². The molecule has 3 rings (SSSR count). The Labute approximate surface area is 121 Å². The van der Waals surface area contributed by atoms with Gasteiger partial charge in [-0.15, -0.1) is 0 Å². The summed E-state index contributed by atoms with van der Waals surface area (Å²) in [7, 11) is 0. The van der Waals surface area contributed by atoms with E-state index in [1.807, 2.05) is 24.3 Å². The second-order valence-corrected chi connectivity index (χ2v) is 4.80. The molecule has 1 N–H and O–H groups in total.